The molecule has 1 rings (SSSR count). The van der Waals surface area contributed by atoms with Gasteiger partial charge < -0.3 is 9.94 Å². The van der Waals surface area contributed by atoms with Gasteiger partial charge in [-0.1, -0.05) is 5.16 Å². The molecule has 1 N–H and O–H groups in total. The van der Waals surface area contributed by atoms with Crippen molar-refractivity contribution in [3.05, 3.63) is 0 Å². The highest BCUT2D eigenvalue weighted by molar-refractivity contribution is 6.35. The fraction of sp³-hybridized carbons (Fsp3) is 0.500. The molecule has 5 nitrogen and oxygen atoms in total. The van der Waals surface area contributed by atoms with E-state index in [2.05, 4.69) is 15.0 Å². The molecule has 1 aliphatic heterocycles. The molecular formula is C6H8N2O3. The Labute approximate surface area is 63.4 Å². The maximum atomic E-state index is 10.6. The molecule has 0 bridgehead atoms. The van der Waals surface area contributed by atoms with Crippen LogP contribution in [0.1, 0.15) is 13.8 Å². The number of carbonyl (C=O) groups excluding carboxylic acids is 1. The second-order valence-electron chi connectivity index (χ2n) is 2.39. The van der Waals surface area contributed by atoms with Crippen LogP contribution in [0.5, 0.6) is 0 Å². The summed E-state index contributed by atoms with van der Waals surface area (Å²) < 4.78 is 0. The van der Waals surface area contributed by atoms with E-state index in [1.54, 1.807) is 0 Å². The molecule has 0 saturated carbocycles. The molecule has 0 aliphatic carbocycles. The number of oxime groups is 1. The summed E-state index contributed by atoms with van der Waals surface area (Å²) >= 11 is 0. The molecule has 0 amide bonds. The fourth-order valence-electron chi connectivity index (χ4n) is 0.574. The van der Waals surface area contributed by atoms with Crippen LogP contribution in [0.3, 0.4) is 0 Å². The summed E-state index contributed by atoms with van der Waals surface area (Å²) in [7, 11) is 0. The molecular weight excluding hydrogens is 148 g/mol. The van der Waals surface area contributed by atoms with E-state index in [1.165, 1.54) is 13.8 Å². The van der Waals surface area contributed by atoms with Crippen LogP contribution in [-0.2, 0) is 9.63 Å². The largest absolute Gasteiger partial charge is 0.365 e. The first kappa shape index (κ1) is 7.87. The van der Waals surface area contributed by atoms with Crippen molar-refractivity contribution < 1.29 is 14.7 Å². The van der Waals surface area contributed by atoms with Crippen molar-refractivity contribution in [3.63, 3.8) is 0 Å². The first-order valence-corrected chi connectivity index (χ1v) is 3.06. The number of Topliss-reactive ketones (excluding diaryl/α,β-unsaturated/α-hetero) is 1. The molecule has 0 aromatic rings. The summed E-state index contributed by atoms with van der Waals surface area (Å²) in [6, 6.07) is 0. The van der Waals surface area contributed by atoms with Crippen molar-refractivity contribution in [2.45, 2.75) is 19.6 Å². The smallest absolute Gasteiger partial charge is 0.290 e. The van der Waals surface area contributed by atoms with Crippen LogP contribution in [-0.4, -0.2) is 28.7 Å². The second-order valence-corrected chi connectivity index (χ2v) is 2.39. The normalized spacial score (nSPS) is 29.2. The Bertz CT molecular complexity index is 242. The van der Waals surface area contributed by atoms with Crippen molar-refractivity contribution in [2.24, 2.45) is 10.1 Å². The monoisotopic (exact) mass is 156 g/mol. The van der Waals surface area contributed by atoms with Crippen molar-refractivity contribution in [3.8, 4) is 0 Å². The van der Waals surface area contributed by atoms with Gasteiger partial charge in [-0.2, -0.15) is 0 Å². The second kappa shape index (κ2) is 2.43. The van der Waals surface area contributed by atoms with E-state index >= 15 is 0 Å². The molecule has 11 heavy (non-hydrogen) atoms. The Morgan fingerprint density at radius 1 is 1.82 bits per heavy atom. The van der Waals surface area contributed by atoms with Gasteiger partial charge in [0.2, 0.25) is 5.78 Å². The standard InChI is InChI=1S/C6H8N2O3/c1-4(9)5-8-6(2,10)3-7-11-5/h3,10H,1-2H3. The fourth-order valence-corrected chi connectivity index (χ4v) is 0.574. The maximum absolute atomic E-state index is 10.6. The number of hydrogen-bond donors (Lipinski definition) is 1. The van der Waals surface area contributed by atoms with Gasteiger partial charge >= 0.3 is 0 Å². The predicted octanol–water partition coefficient (Wildman–Crippen LogP) is -0.302. The van der Waals surface area contributed by atoms with Gasteiger partial charge in [0.25, 0.3) is 5.90 Å². The lowest BCUT2D eigenvalue weighted by Crippen LogP contribution is -2.31. The minimum atomic E-state index is -1.42. The van der Waals surface area contributed by atoms with Crippen LogP contribution in [0.25, 0.3) is 0 Å². The molecule has 60 valence electrons. The summed E-state index contributed by atoms with van der Waals surface area (Å²) in [6.45, 7) is 2.69. The Morgan fingerprint density at radius 3 is 2.82 bits per heavy atom. The zero-order valence-electron chi connectivity index (χ0n) is 6.24. The van der Waals surface area contributed by atoms with Crippen LogP contribution in [0, 0.1) is 0 Å². The zero-order valence-corrected chi connectivity index (χ0v) is 6.24. The molecule has 0 fully saturated rings. The molecule has 0 spiro atoms. The number of ketones is 1. The van der Waals surface area contributed by atoms with Crippen molar-refractivity contribution in [1.82, 2.24) is 0 Å². The lowest BCUT2D eigenvalue weighted by molar-refractivity contribution is -0.112. The highest BCUT2D eigenvalue weighted by atomic mass is 16.6. The SMILES string of the molecule is CC(=O)C1=NC(C)(O)C=NO1. The molecule has 0 saturated heterocycles. The number of rotatable bonds is 1. The molecule has 1 atom stereocenters. The Morgan fingerprint density at radius 2 is 2.45 bits per heavy atom. The highest BCUT2D eigenvalue weighted by Gasteiger charge is 2.24. The number of aliphatic hydroxyl groups is 1. The average Bonchev–Trinajstić information content (AvgIpc) is 1.85. The topological polar surface area (TPSA) is 71.2 Å². The molecule has 0 radical (unpaired) electrons. The van der Waals surface area contributed by atoms with Gasteiger partial charge in [0.15, 0.2) is 5.72 Å². The van der Waals surface area contributed by atoms with E-state index in [0.717, 1.165) is 6.21 Å². The molecule has 1 heterocycles. The van der Waals surface area contributed by atoms with Gasteiger partial charge in [-0.3, -0.25) is 4.79 Å². The van der Waals surface area contributed by atoms with Crippen molar-refractivity contribution in [1.29, 1.82) is 0 Å². The van der Waals surface area contributed by atoms with E-state index < -0.39 is 5.72 Å². The quantitative estimate of drug-likeness (QED) is 0.566. The molecule has 1 unspecified atom stereocenters. The minimum absolute atomic E-state index is 0.169. The van der Waals surface area contributed by atoms with Crippen LogP contribution in [0.2, 0.25) is 0 Å². The number of hydrogen-bond acceptors (Lipinski definition) is 5. The highest BCUT2D eigenvalue weighted by Crippen LogP contribution is 2.08. The van der Waals surface area contributed by atoms with E-state index in [0.29, 0.717) is 0 Å². The Balaban J connectivity index is 2.86. The van der Waals surface area contributed by atoms with Gasteiger partial charge in [0.1, 0.15) is 0 Å². The van der Waals surface area contributed by atoms with E-state index in [4.69, 9.17) is 0 Å². The van der Waals surface area contributed by atoms with Crippen LogP contribution in [0.15, 0.2) is 10.1 Å². The maximum Gasteiger partial charge on any atom is 0.290 e. The lowest BCUT2D eigenvalue weighted by atomic mass is 10.3. The third-order valence-corrected chi connectivity index (χ3v) is 1.07. The third-order valence-electron chi connectivity index (χ3n) is 1.07. The van der Waals surface area contributed by atoms with Gasteiger partial charge in [0.05, 0.1) is 6.21 Å². The van der Waals surface area contributed by atoms with Crippen LogP contribution >= 0.6 is 0 Å². The lowest BCUT2D eigenvalue weighted by Gasteiger charge is -2.16. The van der Waals surface area contributed by atoms with Gasteiger partial charge in [0, 0.05) is 6.92 Å². The van der Waals surface area contributed by atoms with Gasteiger partial charge in [-0.15, -0.1) is 0 Å². The van der Waals surface area contributed by atoms with E-state index in [9.17, 15) is 9.90 Å². The number of aliphatic imine (C=N–C) groups is 1. The van der Waals surface area contributed by atoms with Crippen LogP contribution < -0.4 is 0 Å². The van der Waals surface area contributed by atoms with E-state index in [1.807, 2.05) is 0 Å². The summed E-state index contributed by atoms with van der Waals surface area (Å²) in [5, 5.41) is 12.5. The Kier molecular flexibility index (Phi) is 1.74. The molecule has 0 aromatic carbocycles. The van der Waals surface area contributed by atoms with Gasteiger partial charge in [-0.25, -0.2) is 4.99 Å². The van der Waals surface area contributed by atoms with Crippen molar-refractivity contribution in [2.75, 3.05) is 0 Å². The van der Waals surface area contributed by atoms with Gasteiger partial charge in [-0.05, 0) is 6.92 Å². The molecule has 5 heteroatoms. The molecule has 0 aromatic heterocycles. The summed E-state index contributed by atoms with van der Waals surface area (Å²) in [6.07, 6.45) is 1.11. The Hall–Kier alpha value is -1.23. The summed E-state index contributed by atoms with van der Waals surface area (Å²) in [5.41, 5.74) is -1.42. The summed E-state index contributed by atoms with van der Waals surface area (Å²) in [5.74, 6) is -0.528. The predicted molar refractivity (Wildman–Crippen MR) is 38.3 cm³/mol. The zero-order chi connectivity index (χ0) is 8.48. The van der Waals surface area contributed by atoms with E-state index in [-0.39, 0.29) is 11.7 Å². The van der Waals surface area contributed by atoms with Crippen LogP contribution in [0.4, 0.5) is 0 Å². The first-order valence-electron chi connectivity index (χ1n) is 3.06. The first-order chi connectivity index (χ1) is 5.01. The average molecular weight is 156 g/mol. The number of carbonyl (C=O) groups is 1. The summed E-state index contributed by atoms with van der Waals surface area (Å²) in [4.78, 5) is 18.7. The number of nitrogens with zero attached hydrogens (tertiary/aromatic N) is 2. The molecule has 1 aliphatic rings. The minimum Gasteiger partial charge on any atom is -0.365 e. The van der Waals surface area contributed by atoms with Crippen molar-refractivity contribution >= 4 is 17.9 Å². The third kappa shape index (κ3) is 1.84.